The van der Waals surface area contributed by atoms with Crippen molar-refractivity contribution < 1.29 is 0 Å². The molecule has 0 radical (unpaired) electrons. The molecule has 0 amide bonds. The average molecular weight is 247 g/mol. The Morgan fingerprint density at radius 3 is 3.24 bits per heavy atom. The van der Waals surface area contributed by atoms with Gasteiger partial charge in [0, 0.05) is 12.6 Å². The van der Waals surface area contributed by atoms with Crippen LogP contribution in [0.2, 0.25) is 0 Å². The molecule has 90 valence electrons. The van der Waals surface area contributed by atoms with Gasteiger partial charge in [0.05, 0.1) is 5.37 Å². The number of aryl methyl sites for hydroxylation is 1. The Hall–Kier alpha value is -1.03. The summed E-state index contributed by atoms with van der Waals surface area (Å²) in [6.45, 7) is 2.21. The highest BCUT2D eigenvalue weighted by Gasteiger charge is 2.23. The molecular formula is C13H17N3S. The van der Waals surface area contributed by atoms with Gasteiger partial charge in [-0.15, -0.1) is 11.8 Å². The van der Waals surface area contributed by atoms with Crippen LogP contribution in [0.1, 0.15) is 37.4 Å². The van der Waals surface area contributed by atoms with Gasteiger partial charge in [-0.2, -0.15) is 0 Å². The lowest BCUT2D eigenvalue weighted by atomic mass is 10.3. The molecular weight excluding hydrogens is 230 g/mol. The van der Waals surface area contributed by atoms with Crippen molar-refractivity contribution in [1.82, 2.24) is 14.5 Å². The van der Waals surface area contributed by atoms with E-state index in [0.29, 0.717) is 5.37 Å². The van der Waals surface area contributed by atoms with Gasteiger partial charge in [-0.25, -0.2) is 9.97 Å². The second kappa shape index (κ2) is 4.69. The molecule has 2 aromatic heterocycles. The third kappa shape index (κ3) is 1.95. The van der Waals surface area contributed by atoms with Crippen molar-refractivity contribution in [3.8, 4) is 0 Å². The summed E-state index contributed by atoms with van der Waals surface area (Å²) in [7, 11) is 0. The molecule has 3 rings (SSSR count). The van der Waals surface area contributed by atoms with E-state index in [-0.39, 0.29) is 0 Å². The Morgan fingerprint density at radius 1 is 1.53 bits per heavy atom. The lowest BCUT2D eigenvalue weighted by Gasteiger charge is -2.14. The minimum absolute atomic E-state index is 0.552. The first-order valence-electron chi connectivity index (χ1n) is 6.33. The highest BCUT2D eigenvalue weighted by atomic mass is 32.2. The van der Waals surface area contributed by atoms with Crippen molar-refractivity contribution >= 4 is 22.9 Å². The number of imidazole rings is 1. The standard InChI is InChI=1S/C13H17N3S/c1-2-5-11-15-10-6-3-8-14-13(10)16(11)12-7-4-9-17-12/h3,6,8,12H,2,4-5,7,9H2,1H3. The molecule has 17 heavy (non-hydrogen) atoms. The van der Waals surface area contributed by atoms with E-state index >= 15 is 0 Å². The van der Waals surface area contributed by atoms with Gasteiger partial charge in [0.15, 0.2) is 5.65 Å². The number of hydrogen-bond acceptors (Lipinski definition) is 3. The van der Waals surface area contributed by atoms with Gasteiger partial charge >= 0.3 is 0 Å². The van der Waals surface area contributed by atoms with Crippen molar-refractivity contribution in [1.29, 1.82) is 0 Å². The zero-order valence-corrected chi connectivity index (χ0v) is 10.9. The molecule has 3 nitrogen and oxygen atoms in total. The van der Waals surface area contributed by atoms with Crippen molar-refractivity contribution in [3.63, 3.8) is 0 Å². The van der Waals surface area contributed by atoms with Crippen LogP contribution >= 0.6 is 11.8 Å². The number of aromatic nitrogens is 3. The number of hydrogen-bond donors (Lipinski definition) is 0. The Morgan fingerprint density at radius 2 is 2.47 bits per heavy atom. The fourth-order valence-corrected chi connectivity index (χ4v) is 3.75. The molecule has 4 heteroatoms. The molecule has 2 aromatic rings. The van der Waals surface area contributed by atoms with Crippen LogP contribution in [0.25, 0.3) is 11.2 Å². The first-order chi connectivity index (χ1) is 8.40. The monoisotopic (exact) mass is 247 g/mol. The van der Waals surface area contributed by atoms with E-state index in [0.717, 1.165) is 24.0 Å². The molecule has 0 aromatic carbocycles. The van der Waals surface area contributed by atoms with Gasteiger partial charge in [-0.05, 0) is 37.1 Å². The van der Waals surface area contributed by atoms with E-state index in [1.54, 1.807) is 0 Å². The molecule has 0 N–H and O–H groups in total. The molecule has 3 heterocycles. The summed E-state index contributed by atoms with van der Waals surface area (Å²) in [4.78, 5) is 9.25. The fraction of sp³-hybridized carbons (Fsp3) is 0.538. The van der Waals surface area contributed by atoms with Gasteiger partial charge in [0.1, 0.15) is 11.3 Å². The topological polar surface area (TPSA) is 30.7 Å². The number of rotatable bonds is 3. The maximum atomic E-state index is 4.73. The fourth-order valence-electron chi connectivity index (χ4n) is 2.44. The van der Waals surface area contributed by atoms with Crippen LogP contribution in [0, 0.1) is 0 Å². The third-order valence-electron chi connectivity index (χ3n) is 3.19. The SMILES string of the molecule is CCCc1nc2cccnc2n1C1CCCS1. The van der Waals surface area contributed by atoms with Gasteiger partial charge < -0.3 is 4.57 Å². The lowest BCUT2D eigenvalue weighted by molar-refractivity contribution is 0.616. The summed E-state index contributed by atoms with van der Waals surface area (Å²) in [5.41, 5.74) is 2.11. The minimum atomic E-state index is 0.552. The van der Waals surface area contributed by atoms with E-state index < -0.39 is 0 Å². The second-order valence-corrected chi connectivity index (χ2v) is 5.75. The summed E-state index contributed by atoms with van der Waals surface area (Å²) in [5.74, 6) is 2.48. The third-order valence-corrected chi connectivity index (χ3v) is 4.54. The first kappa shape index (κ1) is 11.1. The van der Waals surface area contributed by atoms with E-state index in [9.17, 15) is 0 Å². The van der Waals surface area contributed by atoms with Crippen LogP contribution in [-0.4, -0.2) is 20.3 Å². The zero-order chi connectivity index (χ0) is 11.7. The molecule has 0 bridgehead atoms. The van der Waals surface area contributed by atoms with Crippen LogP contribution in [-0.2, 0) is 6.42 Å². The predicted molar refractivity (Wildman–Crippen MR) is 72.3 cm³/mol. The summed E-state index contributed by atoms with van der Waals surface area (Å²) in [6, 6.07) is 4.04. The Labute approximate surface area is 106 Å². The highest BCUT2D eigenvalue weighted by molar-refractivity contribution is 7.99. The van der Waals surface area contributed by atoms with Gasteiger partial charge in [-0.3, -0.25) is 0 Å². The normalized spacial score (nSPS) is 20.2. The lowest BCUT2D eigenvalue weighted by Crippen LogP contribution is -2.07. The molecule has 1 unspecified atom stereocenters. The molecule has 1 aliphatic rings. The van der Waals surface area contributed by atoms with Crippen molar-refractivity contribution in [2.45, 2.75) is 38.0 Å². The van der Waals surface area contributed by atoms with E-state index in [1.807, 2.05) is 24.0 Å². The van der Waals surface area contributed by atoms with Gasteiger partial charge in [-0.1, -0.05) is 6.92 Å². The summed E-state index contributed by atoms with van der Waals surface area (Å²) in [6.07, 6.45) is 6.63. The van der Waals surface area contributed by atoms with Gasteiger partial charge in [0.25, 0.3) is 0 Å². The molecule has 1 saturated heterocycles. The Bertz CT molecular complexity index is 514. The number of nitrogens with zero attached hydrogens (tertiary/aromatic N) is 3. The molecule has 1 aliphatic heterocycles. The maximum Gasteiger partial charge on any atom is 0.160 e. The number of fused-ring (bicyclic) bond motifs is 1. The van der Waals surface area contributed by atoms with Crippen LogP contribution in [0.4, 0.5) is 0 Å². The summed E-state index contributed by atoms with van der Waals surface area (Å²) < 4.78 is 2.37. The van der Waals surface area contributed by atoms with Crippen molar-refractivity contribution in [2.24, 2.45) is 0 Å². The average Bonchev–Trinajstić information content (AvgIpc) is 2.94. The molecule has 0 saturated carbocycles. The largest absolute Gasteiger partial charge is 0.300 e. The molecule has 1 atom stereocenters. The number of thioether (sulfide) groups is 1. The van der Waals surface area contributed by atoms with Crippen molar-refractivity contribution in [2.75, 3.05) is 5.75 Å². The Kier molecular flexibility index (Phi) is 3.05. The van der Waals surface area contributed by atoms with Crippen LogP contribution in [0.3, 0.4) is 0 Å². The summed E-state index contributed by atoms with van der Waals surface area (Å²) >= 11 is 2.04. The molecule has 0 spiro atoms. The highest BCUT2D eigenvalue weighted by Crippen LogP contribution is 2.38. The second-order valence-electron chi connectivity index (χ2n) is 4.46. The van der Waals surface area contributed by atoms with Gasteiger partial charge in [0.2, 0.25) is 0 Å². The molecule has 0 aliphatic carbocycles. The maximum absolute atomic E-state index is 4.73. The molecule has 1 fully saturated rings. The predicted octanol–water partition coefficient (Wildman–Crippen LogP) is 3.41. The quantitative estimate of drug-likeness (QED) is 0.832. The van der Waals surface area contributed by atoms with E-state index in [2.05, 4.69) is 22.5 Å². The van der Waals surface area contributed by atoms with Crippen LogP contribution < -0.4 is 0 Å². The van der Waals surface area contributed by atoms with Crippen LogP contribution in [0.15, 0.2) is 18.3 Å². The zero-order valence-electron chi connectivity index (χ0n) is 10.1. The first-order valence-corrected chi connectivity index (χ1v) is 7.38. The smallest absolute Gasteiger partial charge is 0.160 e. The van der Waals surface area contributed by atoms with E-state index in [4.69, 9.17) is 4.98 Å². The summed E-state index contributed by atoms with van der Waals surface area (Å²) in [5, 5.41) is 0.552. The van der Waals surface area contributed by atoms with Crippen molar-refractivity contribution in [3.05, 3.63) is 24.2 Å². The Balaban J connectivity index is 2.13. The number of pyridine rings is 1. The van der Waals surface area contributed by atoms with Crippen LogP contribution in [0.5, 0.6) is 0 Å². The van der Waals surface area contributed by atoms with E-state index in [1.165, 1.54) is 24.4 Å². The minimum Gasteiger partial charge on any atom is -0.300 e.